The normalized spacial score (nSPS) is 24.8. The first-order valence-corrected chi connectivity index (χ1v) is 7.52. The van der Waals surface area contributed by atoms with Crippen molar-refractivity contribution in [1.29, 1.82) is 0 Å². The third-order valence-electron chi connectivity index (χ3n) is 3.40. The summed E-state index contributed by atoms with van der Waals surface area (Å²) in [5, 5.41) is 8.67. The Balaban J connectivity index is 1.79. The van der Waals surface area contributed by atoms with Crippen LogP contribution in [0.1, 0.15) is 31.2 Å². The molecule has 0 saturated heterocycles. The molecule has 0 aromatic carbocycles. The second-order valence-electron chi connectivity index (χ2n) is 4.61. The predicted molar refractivity (Wildman–Crippen MR) is 75.0 cm³/mol. The lowest BCUT2D eigenvalue weighted by atomic mass is 9.95. The van der Waals surface area contributed by atoms with Crippen molar-refractivity contribution in [2.24, 2.45) is 0 Å². The van der Waals surface area contributed by atoms with Gasteiger partial charge in [-0.3, -0.25) is 0 Å². The van der Waals surface area contributed by atoms with Crippen LogP contribution in [0.25, 0.3) is 6.20 Å². The molecule has 1 aromatic heterocycles. The van der Waals surface area contributed by atoms with Crippen LogP contribution in [0.15, 0.2) is 19.0 Å². The van der Waals surface area contributed by atoms with E-state index in [2.05, 4.69) is 23.3 Å². The topological polar surface area (TPSA) is 29.9 Å². The maximum absolute atomic E-state index is 4.18. The molecule has 4 heteroatoms. The van der Waals surface area contributed by atoms with Crippen LogP contribution < -0.4 is 5.32 Å². The molecule has 1 saturated carbocycles. The van der Waals surface area contributed by atoms with Gasteiger partial charge in [0.05, 0.1) is 6.20 Å². The average Bonchev–Trinajstić information content (AvgIpc) is 2.84. The molecule has 0 radical (unpaired) electrons. The second-order valence-corrected chi connectivity index (χ2v) is 5.75. The van der Waals surface area contributed by atoms with E-state index < -0.39 is 0 Å². The van der Waals surface area contributed by atoms with Crippen molar-refractivity contribution < 1.29 is 0 Å². The Morgan fingerprint density at radius 1 is 1.65 bits per heavy atom. The predicted octanol–water partition coefficient (Wildman–Crippen LogP) is 2.75. The molecular weight excluding hydrogens is 230 g/mol. The van der Waals surface area contributed by atoms with E-state index in [1.54, 1.807) is 10.9 Å². The van der Waals surface area contributed by atoms with Gasteiger partial charge in [0, 0.05) is 35.8 Å². The molecule has 0 spiro atoms. The summed E-state index contributed by atoms with van der Waals surface area (Å²) in [5.41, 5.74) is 1.23. The van der Waals surface area contributed by atoms with Gasteiger partial charge in [0.2, 0.25) is 0 Å². The van der Waals surface area contributed by atoms with Gasteiger partial charge >= 0.3 is 0 Å². The highest BCUT2D eigenvalue weighted by atomic mass is 32.2. The first-order valence-electron chi connectivity index (χ1n) is 6.23. The molecule has 1 aromatic rings. The van der Waals surface area contributed by atoms with Gasteiger partial charge in [-0.05, 0) is 25.5 Å². The fourth-order valence-electron chi connectivity index (χ4n) is 2.38. The smallest absolute Gasteiger partial charge is 0.0538 e. The summed E-state index contributed by atoms with van der Waals surface area (Å²) in [7, 11) is 0. The zero-order valence-electron chi connectivity index (χ0n) is 10.4. The molecule has 1 fully saturated rings. The number of thioether (sulfide) groups is 1. The number of hydrogen-bond acceptors (Lipinski definition) is 3. The molecule has 0 aliphatic heterocycles. The summed E-state index contributed by atoms with van der Waals surface area (Å²) < 4.78 is 1.75. The van der Waals surface area contributed by atoms with Gasteiger partial charge in [0.15, 0.2) is 0 Å². The van der Waals surface area contributed by atoms with Crippen molar-refractivity contribution in [2.45, 2.75) is 43.5 Å². The average molecular weight is 251 g/mol. The molecule has 17 heavy (non-hydrogen) atoms. The summed E-state index contributed by atoms with van der Waals surface area (Å²) in [6.07, 6.45) is 13.2. The van der Waals surface area contributed by atoms with Crippen LogP contribution in [0, 0.1) is 0 Å². The quantitative estimate of drug-likeness (QED) is 0.872. The van der Waals surface area contributed by atoms with E-state index in [0.29, 0.717) is 6.04 Å². The maximum Gasteiger partial charge on any atom is 0.0538 e. The lowest BCUT2D eigenvalue weighted by Gasteiger charge is -2.28. The summed E-state index contributed by atoms with van der Waals surface area (Å²) in [6.45, 7) is 4.61. The van der Waals surface area contributed by atoms with Crippen LogP contribution in [-0.2, 0) is 6.54 Å². The fourth-order valence-corrected chi connectivity index (χ4v) is 3.20. The van der Waals surface area contributed by atoms with Crippen molar-refractivity contribution in [1.82, 2.24) is 15.1 Å². The van der Waals surface area contributed by atoms with Crippen LogP contribution in [0.5, 0.6) is 0 Å². The van der Waals surface area contributed by atoms with E-state index >= 15 is 0 Å². The highest BCUT2D eigenvalue weighted by Gasteiger charge is 2.20. The highest BCUT2D eigenvalue weighted by Crippen LogP contribution is 2.26. The number of nitrogens with one attached hydrogen (secondary N) is 1. The number of rotatable bonds is 5. The van der Waals surface area contributed by atoms with Gasteiger partial charge in [-0.1, -0.05) is 13.0 Å². The molecule has 1 N–H and O–H groups in total. The molecular formula is C13H21N3S. The zero-order chi connectivity index (χ0) is 12.1. The Morgan fingerprint density at radius 3 is 3.24 bits per heavy atom. The number of aromatic nitrogens is 2. The summed E-state index contributed by atoms with van der Waals surface area (Å²) in [6, 6.07) is 0.674. The van der Waals surface area contributed by atoms with Gasteiger partial charge < -0.3 is 5.32 Å². The number of hydrogen-bond donors (Lipinski definition) is 1. The Hall–Kier alpha value is -0.740. The van der Waals surface area contributed by atoms with E-state index in [1.165, 1.54) is 31.2 Å². The van der Waals surface area contributed by atoms with Crippen LogP contribution in [0.4, 0.5) is 0 Å². The van der Waals surface area contributed by atoms with Crippen molar-refractivity contribution in [3.63, 3.8) is 0 Å². The van der Waals surface area contributed by atoms with Gasteiger partial charge in [0.1, 0.15) is 0 Å². The summed E-state index contributed by atoms with van der Waals surface area (Å²) >= 11 is 2.01. The minimum atomic E-state index is 0.674. The molecule has 94 valence electrons. The van der Waals surface area contributed by atoms with Crippen LogP contribution in [0.3, 0.4) is 0 Å². The Morgan fingerprint density at radius 2 is 2.53 bits per heavy atom. The van der Waals surface area contributed by atoms with Crippen LogP contribution in [-0.4, -0.2) is 27.3 Å². The molecule has 1 heterocycles. The SMILES string of the molecule is C=Cn1cc(CNC2CCCC(SC)C2)cn1. The number of nitrogens with zero attached hydrogens (tertiary/aromatic N) is 2. The van der Waals surface area contributed by atoms with E-state index in [9.17, 15) is 0 Å². The minimum Gasteiger partial charge on any atom is -0.310 e. The first-order chi connectivity index (χ1) is 8.31. The van der Waals surface area contributed by atoms with Crippen LogP contribution >= 0.6 is 11.8 Å². The van der Waals surface area contributed by atoms with Crippen molar-refractivity contribution >= 4 is 18.0 Å². The molecule has 1 aliphatic carbocycles. The highest BCUT2D eigenvalue weighted by molar-refractivity contribution is 7.99. The first kappa shape index (κ1) is 12.7. The van der Waals surface area contributed by atoms with Gasteiger partial charge in [-0.25, -0.2) is 4.68 Å². The zero-order valence-corrected chi connectivity index (χ0v) is 11.2. The van der Waals surface area contributed by atoms with E-state index in [1.807, 2.05) is 24.2 Å². The maximum atomic E-state index is 4.18. The molecule has 3 nitrogen and oxygen atoms in total. The molecule has 2 unspecified atom stereocenters. The van der Waals surface area contributed by atoms with Gasteiger partial charge in [-0.15, -0.1) is 0 Å². The van der Waals surface area contributed by atoms with Crippen molar-refractivity contribution in [3.8, 4) is 0 Å². The Kier molecular flexibility index (Phi) is 4.68. The Labute approximate surface area is 108 Å². The van der Waals surface area contributed by atoms with E-state index in [-0.39, 0.29) is 0 Å². The Bertz CT molecular complexity index is 361. The van der Waals surface area contributed by atoms with E-state index in [4.69, 9.17) is 0 Å². The summed E-state index contributed by atoms with van der Waals surface area (Å²) in [5.74, 6) is 0. The molecule has 0 bridgehead atoms. The molecule has 2 atom stereocenters. The lowest BCUT2D eigenvalue weighted by molar-refractivity contribution is 0.380. The summed E-state index contributed by atoms with van der Waals surface area (Å²) in [4.78, 5) is 0. The minimum absolute atomic E-state index is 0.674. The molecule has 1 aliphatic rings. The van der Waals surface area contributed by atoms with Gasteiger partial charge in [0.25, 0.3) is 0 Å². The van der Waals surface area contributed by atoms with E-state index in [0.717, 1.165) is 11.8 Å². The largest absolute Gasteiger partial charge is 0.310 e. The fraction of sp³-hybridized carbons (Fsp3) is 0.615. The molecule has 2 rings (SSSR count). The van der Waals surface area contributed by atoms with Crippen LogP contribution in [0.2, 0.25) is 0 Å². The lowest BCUT2D eigenvalue weighted by Crippen LogP contribution is -2.34. The van der Waals surface area contributed by atoms with Gasteiger partial charge in [-0.2, -0.15) is 16.9 Å². The van der Waals surface area contributed by atoms with Crippen molar-refractivity contribution in [3.05, 3.63) is 24.5 Å². The standard InChI is InChI=1S/C13H21N3S/c1-3-16-10-11(9-15-16)8-14-12-5-4-6-13(7-12)17-2/h3,9-10,12-14H,1,4-8H2,2H3. The monoisotopic (exact) mass is 251 g/mol. The third-order valence-corrected chi connectivity index (χ3v) is 4.49. The molecule has 0 amide bonds. The second kappa shape index (κ2) is 6.26. The third kappa shape index (κ3) is 3.61. The van der Waals surface area contributed by atoms with Crippen molar-refractivity contribution in [2.75, 3.05) is 6.26 Å².